The minimum Gasteiger partial charge on any atom is -0.481 e. The molecule has 1 aliphatic heterocycles. The minimum atomic E-state index is -1.16. The van der Waals surface area contributed by atoms with Crippen LogP contribution < -0.4 is 5.32 Å². The Hall–Kier alpha value is -1.86. The number of hydrogen-bond donors (Lipinski definition) is 3. The molecule has 1 fully saturated rings. The molecule has 1 aromatic rings. The number of aliphatic carboxylic acids is 1. The third-order valence-corrected chi connectivity index (χ3v) is 3.43. The maximum Gasteiger partial charge on any atom is 0.478 e. The molecule has 1 saturated heterocycles. The Morgan fingerprint density at radius 1 is 1.29 bits per heavy atom. The van der Waals surface area contributed by atoms with E-state index in [1.165, 1.54) is 0 Å². The van der Waals surface area contributed by atoms with E-state index in [0.29, 0.717) is 12.8 Å². The summed E-state index contributed by atoms with van der Waals surface area (Å²) in [6.07, 6.45) is 0.601. The number of carboxylic acid groups (broad SMARTS) is 1. The zero-order valence-corrected chi connectivity index (χ0v) is 11.6. The van der Waals surface area contributed by atoms with Crippen molar-refractivity contribution in [3.05, 3.63) is 35.9 Å². The van der Waals surface area contributed by atoms with Crippen LogP contribution in [-0.4, -0.2) is 41.2 Å². The fourth-order valence-corrected chi connectivity index (χ4v) is 2.40. The Morgan fingerprint density at radius 3 is 2.62 bits per heavy atom. The molecule has 0 aliphatic carbocycles. The number of rotatable bonds is 5. The second-order valence-corrected chi connectivity index (χ2v) is 5.16. The van der Waals surface area contributed by atoms with Crippen LogP contribution in [0.2, 0.25) is 0 Å². The lowest BCUT2D eigenvalue weighted by Crippen LogP contribution is -2.53. The van der Waals surface area contributed by atoms with Crippen LogP contribution in [0.25, 0.3) is 0 Å². The van der Waals surface area contributed by atoms with Crippen LogP contribution in [0.4, 0.5) is 0 Å². The van der Waals surface area contributed by atoms with E-state index < -0.39 is 25.1 Å². The molecule has 7 heteroatoms. The van der Waals surface area contributed by atoms with Gasteiger partial charge in [-0.2, -0.15) is 0 Å². The molecule has 21 heavy (non-hydrogen) atoms. The number of amides is 1. The summed E-state index contributed by atoms with van der Waals surface area (Å²) in [6, 6.07) is 9.31. The zero-order valence-electron chi connectivity index (χ0n) is 11.6. The maximum atomic E-state index is 11.9. The van der Waals surface area contributed by atoms with Crippen molar-refractivity contribution < 1.29 is 24.4 Å². The second-order valence-electron chi connectivity index (χ2n) is 5.16. The molecular weight excluding hydrogens is 273 g/mol. The lowest BCUT2D eigenvalue weighted by Gasteiger charge is -2.30. The van der Waals surface area contributed by atoms with Crippen molar-refractivity contribution in [3.63, 3.8) is 0 Å². The molecule has 1 aromatic carbocycles. The van der Waals surface area contributed by atoms with E-state index in [9.17, 15) is 14.6 Å². The molecular formula is C14H18BNO5. The van der Waals surface area contributed by atoms with E-state index in [4.69, 9.17) is 9.76 Å². The first-order chi connectivity index (χ1) is 10.0. The van der Waals surface area contributed by atoms with Crippen LogP contribution in [-0.2, 0) is 20.7 Å². The van der Waals surface area contributed by atoms with Crippen LogP contribution in [0.15, 0.2) is 30.3 Å². The number of carboxylic acids is 1. The summed E-state index contributed by atoms with van der Waals surface area (Å²) in [4.78, 5) is 22.5. The lowest BCUT2D eigenvalue weighted by atomic mass is 9.72. The molecule has 1 aliphatic rings. The molecule has 0 radical (unpaired) electrons. The van der Waals surface area contributed by atoms with E-state index in [1.54, 1.807) is 0 Å². The summed E-state index contributed by atoms with van der Waals surface area (Å²) in [7, 11) is -1.16. The quantitative estimate of drug-likeness (QED) is 0.682. The van der Waals surface area contributed by atoms with E-state index in [2.05, 4.69) is 5.32 Å². The highest BCUT2D eigenvalue weighted by atomic mass is 16.5. The van der Waals surface area contributed by atoms with Gasteiger partial charge < -0.3 is 20.1 Å². The SMILES string of the molecule is O=C(O)CC1CC[C@H](NC(=O)Cc2ccccc2)B(O)O1. The van der Waals surface area contributed by atoms with E-state index in [1.807, 2.05) is 30.3 Å². The van der Waals surface area contributed by atoms with Gasteiger partial charge in [-0.25, -0.2) is 0 Å². The van der Waals surface area contributed by atoms with Crippen molar-refractivity contribution in [3.8, 4) is 0 Å². The molecule has 2 rings (SSSR count). The third-order valence-electron chi connectivity index (χ3n) is 3.43. The van der Waals surface area contributed by atoms with E-state index >= 15 is 0 Å². The molecule has 0 bridgehead atoms. The molecule has 2 atom stereocenters. The number of nitrogens with one attached hydrogen (secondary N) is 1. The highest BCUT2D eigenvalue weighted by molar-refractivity contribution is 6.45. The molecule has 6 nitrogen and oxygen atoms in total. The van der Waals surface area contributed by atoms with Gasteiger partial charge in [-0.3, -0.25) is 9.59 Å². The lowest BCUT2D eigenvalue weighted by molar-refractivity contribution is -0.139. The molecule has 3 N–H and O–H groups in total. The number of carbonyl (C=O) groups is 2. The Bertz CT molecular complexity index is 495. The largest absolute Gasteiger partial charge is 0.481 e. The van der Waals surface area contributed by atoms with Gasteiger partial charge in [-0.05, 0) is 18.4 Å². The molecule has 0 saturated carbocycles. The third kappa shape index (κ3) is 4.88. The molecule has 0 spiro atoms. The summed E-state index contributed by atoms with van der Waals surface area (Å²) in [5.41, 5.74) is 0.893. The van der Waals surface area contributed by atoms with Gasteiger partial charge in [0.1, 0.15) is 0 Å². The van der Waals surface area contributed by atoms with Crippen molar-refractivity contribution in [2.75, 3.05) is 0 Å². The first kappa shape index (κ1) is 15.5. The van der Waals surface area contributed by atoms with Gasteiger partial charge in [0.05, 0.1) is 24.9 Å². The molecule has 0 aromatic heterocycles. The average Bonchev–Trinajstić information content (AvgIpc) is 2.42. The van der Waals surface area contributed by atoms with Crippen molar-refractivity contribution in [1.29, 1.82) is 0 Å². The van der Waals surface area contributed by atoms with Crippen LogP contribution >= 0.6 is 0 Å². The summed E-state index contributed by atoms with van der Waals surface area (Å²) in [5.74, 6) is -1.64. The highest BCUT2D eigenvalue weighted by Gasteiger charge is 2.36. The van der Waals surface area contributed by atoms with Crippen molar-refractivity contribution in [1.82, 2.24) is 5.32 Å². The Labute approximate surface area is 123 Å². The van der Waals surface area contributed by atoms with Crippen molar-refractivity contribution in [2.24, 2.45) is 0 Å². The number of carbonyl (C=O) groups excluding carboxylic acids is 1. The van der Waals surface area contributed by atoms with Gasteiger partial charge in [0.2, 0.25) is 5.91 Å². The van der Waals surface area contributed by atoms with E-state index in [0.717, 1.165) is 5.56 Å². The fraction of sp³-hybridized carbons (Fsp3) is 0.429. The van der Waals surface area contributed by atoms with Gasteiger partial charge in [-0.1, -0.05) is 30.3 Å². The molecule has 1 amide bonds. The molecule has 112 valence electrons. The normalized spacial score (nSPS) is 21.9. The summed E-state index contributed by atoms with van der Waals surface area (Å²) < 4.78 is 5.22. The number of hydrogen-bond acceptors (Lipinski definition) is 4. The first-order valence-electron chi connectivity index (χ1n) is 6.93. The van der Waals surface area contributed by atoms with Gasteiger partial charge in [0, 0.05) is 0 Å². The van der Waals surface area contributed by atoms with Gasteiger partial charge in [-0.15, -0.1) is 0 Å². The average molecular weight is 291 g/mol. The first-order valence-corrected chi connectivity index (χ1v) is 6.93. The Morgan fingerprint density at radius 2 is 2.00 bits per heavy atom. The zero-order chi connectivity index (χ0) is 15.2. The smallest absolute Gasteiger partial charge is 0.478 e. The predicted molar refractivity (Wildman–Crippen MR) is 76.4 cm³/mol. The maximum absolute atomic E-state index is 11.9. The Balaban J connectivity index is 1.81. The predicted octanol–water partition coefficient (Wildman–Crippen LogP) is 0.387. The van der Waals surface area contributed by atoms with Crippen molar-refractivity contribution in [2.45, 2.75) is 37.7 Å². The summed E-state index contributed by atoms with van der Waals surface area (Å²) in [5, 5.41) is 21.3. The monoisotopic (exact) mass is 291 g/mol. The number of benzene rings is 1. The minimum absolute atomic E-state index is 0.137. The van der Waals surface area contributed by atoms with Gasteiger partial charge >= 0.3 is 13.1 Å². The fourth-order valence-electron chi connectivity index (χ4n) is 2.40. The summed E-state index contributed by atoms with van der Waals surface area (Å²) in [6.45, 7) is 0. The van der Waals surface area contributed by atoms with Crippen molar-refractivity contribution >= 4 is 19.0 Å². The highest BCUT2D eigenvalue weighted by Crippen LogP contribution is 2.18. The van der Waals surface area contributed by atoms with E-state index in [-0.39, 0.29) is 18.7 Å². The van der Waals surface area contributed by atoms with Gasteiger partial charge in [0.25, 0.3) is 0 Å². The van der Waals surface area contributed by atoms with Crippen LogP contribution in [0.5, 0.6) is 0 Å². The van der Waals surface area contributed by atoms with Crippen LogP contribution in [0.3, 0.4) is 0 Å². The summed E-state index contributed by atoms with van der Waals surface area (Å²) >= 11 is 0. The molecule has 1 unspecified atom stereocenters. The standard InChI is InChI=1S/C14H18BNO5/c17-13(8-10-4-2-1-3-5-10)16-12-7-6-11(9-14(18)19)21-15(12)20/h1-5,11-12,20H,6-9H2,(H,16,17)(H,18,19)/t11?,12-/m0/s1. The Kier molecular flexibility index (Phi) is 5.35. The van der Waals surface area contributed by atoms with Gasteiger partial charge in [0.15, 0.2) is 0 Å². The topological polar surface area (TPSA) is 95.9 Å². The molecule has 1 heterocycles. The van der Waals surface area contributed by atoms with Crippen LogP contribution in [0, 0.1) is 0 Å². The van der Waals surface area contributed by atoms with Crippen LogP contribution in [0.1, 0.15) is 24.8 Å². The second kappa shape index (κ2) is 7.24.